The molecule has 3 N–H and O–H groups in total. The van der Waals surface area contributed by atoms with E-state index < -0.39 is 5.97 Å². The maximum Gasteiger partial charge on any atom is 0.305 e. The second-order valence-electron chi connectivity index (χ2n) is 8.73. The van der Waals surface area contributed by atoms with Crippen molar-refractivity contribution < 1.29 is 19.1 Å². The van der Waals surface area contributed by atoms with Crippen molar-refractivity contribution in [1.29, 1.82) is 0 Å². The third kappa shape index (κ3) is 6.19. The standard InChI is InChI=1S/C28H36N2O4/c1-4-9-19(10-5-2)27(26-22-11-7-8-12-24(22)34-23(26)6-3)30-21-15-13-20(14-16-21)28(33)29-18-17-25(31)32/h7-8,11-16,19,27,30H,4-6,9-10,17-18H2,1-3H3,(H,29,33)(H,31,32). The zero-order chi connectivity index (χ0) is 24.5. The SMILES string of the molecule is CCCC(CCC)C(Nc1ccc(C(=O)NCCC(=O)O)cc1)c1c(CC)oc2ccccc12. The third-order valence-electron chi connectivity index (χ3n) is 6.23. The zero-order valence-corrected chi connectivity index (χ0v) is 20.4. The number of carbonyl (C=O) groups is 2. The van der Waals surface area contributed by atoms with E-state index in [0.29, 0.717) is 11.5 Å². The predicted molar refractivity (Wildman–Crippen MR) is 136 cm³/mol. The summed E-state index contributed by atoms with van der Waals surface area (Å²) < 4.78 is 6.24. The molecule has 2 aromatic carbocycles. The molecule has 6 heteroatoms. The van der Waals surface area contributed by atoms with Gasteiger partial charge in [-0.1, -0.05) is 51.8 Å². The molecule has 0 fully saturated rings. The monoisotopic (exact) mass is 464 g/mol. The molecule has 0 saturated carbocycles. The molecule has 0 saturated heterocycles. The number of carbonyl (C=O) groups excluding carboxylic acids is 1. The predicted octanol–water partition coefficient (Wildman–Crippen LogP) is 6.57. The van der Waals surface area contributed by atoms with Crippen molar-refractivity contribution in [3.63, 3.8) is 0 Å². The van der Waals surface area contributed by atoms with Crippen molar-refractivity contribution in [1.82, 2.24) is 5.32 Å². The Morgan fingerprint density at radius 1 is 0.971 bits per heavy atom. The minimum Gasteiger partial charge on any atom is -0.481 e. The van der Waals surface area contributed by atoms with Gasteiger partial charge in [-0.2, -0.15) is 0 Å². The number of nitrogens with one attached hydrogen (secondary N) is 2. The number of hydrogen-bond donors (Lipinski definition) is 3. The molecule has 0 radical (unpaired) electrons. The summed E-state index contributed by atoms with van der Waals surface area (Å²) in [4.78, 5) is 23.0. The number of amides is 1. The van der Waals surface area contributed by atoms with Gasteiger partial charge in [0.15, 0.2) is 0 Å². The molecule has 182 valence electrons. The summed E-state index contributed by atoms with van der Waals surface area (Å²) >= 11 is 0. The van der Waals surface area contributed by atoms with E-state index in [9.17, 15) is 9.59 Å². The summed E-state index contributed by atoms with van der Waals surface area (Å²) in [5, 5.41) is 16.3. The van der Waals surface area contributed by atoms with Gasteiger partial charge in [-0.25, -0.2) is 0 Å². The van der Waals surface area contributed by atoms with E-state index in [2.05, 4.69) is 43.5 Å². The first-order chi connectivity index (χ1) is 16.5. The zero-order valence-electron chi connectivity index (χ0n) is 20.4. The van der Waals surface area contributed by atoms with E-state index in [1.54, 1.807) is 12.1 Å². The number of aliphatic carboxylic acids is 1. The van der Waals surface area contributed by atoms with Crippen LogP contribution in [0.2, 0.25) is 0 Å². The number of anilines is 1. The molecule has 1 heterocycles. The summed E-state index contributed by atoms with van der Waals surface area (Å²) in [5.41, 5.74) is 3.60. The molecule has 1 atom stereocenters. The van der Waals surface area contributed by atoms with Gasteiger partial charge in [0.1, 0.15) is 11.3 Å². The Hall–Kier alpha value is -3.28. The first-order valence-electron chi connectivity index (χ1n) is 12.3. The summed E-state index contributed by atoms with van der Waals surface area (Å²) in [6.45, 7) is 6.70. The van der Waals surface area contributed by atoms with Crippen LogP contribution in [0.4, 0.5) is 5.69 Å². The Morgan fingerprint density at radius 3 is 2.26 bits per heavy atom. The van der Waals surface area contributed by atoms with Crippen LogP contribution in [0.15, 0.2) is 52.9 Å². The van der Waals surface area contributed by atoms with Crippen LogP contribution in [0.25, 0.3) is 11.0 Å². The molecular formula is C28H36N2O4. The van der Waals surface area contributed by atoms with Gasteiger partial charge >= 0.3 is 5.97 Å². The van der Waals surface area contributed by atoms with Crippen LogP contribution in [-0.2, 0) is 11.2 Å². The highest BCUT2D eigenvalue weighted by molar-refractivity contribution is 5.94. The van der Waals surface area contributed by atoms with Crippen LogP contribution < -0.4 is 10.6 Å². The Morgan fingerprint density at radius 2 is 1.65 bits per heavy atom. The highest BCUT2D eigenvalue weighted by Crippen LogP contribution is 2.40. The maximum absolute atomic E-state index is 12.3. The molecule has 0 bridgehead atoms. The topological polar surface area (TPSA) is 91.6 Å². The fraction of sp³-hybridized carbons (Fsp3) is 0.429. The first-order valence-corrected chi connectivity index (χ1v) is 12.3. The van der Waals surface area contributed by atoms with Crippen molar-refractivity contribution in [2.45, 2.75) is 65.3 Å². The third-order valence-corrected chi connectivity index (χ3v) is 6.23. The van der Waals surface area contributed by atoms with Crippen LogP contribution in [0.5, 0.6) is 0 Å². The lowest BCUT2D eigenvalue weighted by Gasteiger charge is -2.29. The average Bonchev–Trinajstić information content (AvgIpc) is 3.21. The molecule has 6 nitrogen and oxygen atoms in total. The number of carboxylic acid groups (broad SMARTS) is 1. The van der Waals surface area contributed by atoms with E-state index in [-0.39, 0.29) is 24.9 Å². The summed E-state index contributed by atoms with van der Waals surface area (Å²) in [6.07, 6.45) is 5.16. The average molecular weight is 465 g/mol. The minimum absolute atomic E-state index is 0.0914. The maximum atomic E-state index is 12.3. The van der Waals surface area contributed by atoms with Crippen molar-refractivity contribution in [2.75, 3.05) is 11.9 Å². The van der Waals surface area contributed by atoms with Gasteiger partial charge in [-0.3, -0.25) is 9.59 Å². The Balaban J connectivity index is 1.90. The van der Waals surface area contributed by atoms with E-state index in [1.165, 1.54) is 5.56 Å². The second kappa shape index (κ2) is 12.3. The van der Waals surface area contributed by atoms with Crippen LogP contribution >= 0.6 is 0 Å². The fourth-order valence-electron chi connectivity index (χ4n) is 4.65. The van der Waals surface area contributed by atoms with Gasteiger partial charge < -0.3 is 20.2 Å². The van der Waals surface area contributed by atoms with Crippen LogP contribution in [-0.4, -0.2) is 23.5 Å². The molecule has 3 aromatic rings. The van der Waals surface area contributed by atoms with Gasteiger partial charge in [-0.05, 0) is 49.1 Å². The summed E-state index contributed by atoms with van der Waals surface area (Å²) in [6, 6.07) is 15.7. The molecule has 34 heavy (non-hydrogen) atoms. The lowest BCUT2D eigenvalue weighted by molar-refractivity contribution is -0.136. The minimum atomic E-state index is -0.933. The van der Waals surface area contributed by atoms with E-state index in [4.69, 9.17) is 9.52 Å². The number of carboxylic acids is 1. The van der Waals surface area contributed by atoms with Gasteiger partial charge in [0.2, 0.25) is 0 Å². The number of benzene rings is 2. The van der Waals surface area contributed by atoms with Gasteiger partial charge in [0.25, 0.3) is 5.91 Å². The number of para-hydroxylation sites is 1. The lowest BCUT2D eigenvalue weighted by Crippen LogP contribution is -2.26. The largest absolute Gasteiger partial charge is 0.481 e. The molecular weight excluding hydrogens is 428 g/mol. The lowest BCUT2D eigenvalue weighted by atomic mass is 9.84. The van der Waals surface area contributed by atoms with Crippen LogP contribution in [0.1, 0.15) is 80.6 Å². The van der Waals surface area contributed by atoms with Gasteiger partial charge in [0.05, 0.1) is 12.5 Å². The molecule has 0 spiro atoms. The van der Waals surface area contributed by atoms with Crippen molar-refractivity contribution in [2.24, 2.45) is 5.92 Å². The highest BCUT2D eigenvalue weighted by atomic mass is 16.4. The number of rotatable bonds is 13. The Labute approximate surface area is 201 Å². The molecule has 0 aliphatic carbocycles. The van der Waals surface area contributed by atoms with Crippen molar-refractivity contribution in [3.05, 3.63) is 65.4 Å². The Kier molecular flexibility index (Phi) is 9.14. The molecule has 1 aromatic heterocycles. The molecule has 0 aliphatic rings. The Bertz CT molecular complexity index is 1080. The fourth-order valence-corrected chi connectivity index (χ4v) is 4.65. The second-order valence-corrected chi connectivity index (χ2v) is 8.73. The highest BCUT2D eigenvalue weighted by Gasteiger charge is 2.28. The molecule has 3 rings (SSSR count). The van der Waals surface area contributed by atoms with E-state index >= 15 is 0 Å². The smallest absolute Gasteiger partial charge is 0.305 e. The van der Waals surface area contributed by atoms with Crippen molar-refractivity contribution in [3.8, 4) is 0 Å². The van der Waals surface area contributed by atoms with Crippen LogP contribution in [0, 0.1) is 5.92 Å². The first kappa shape index (κ1) is 25.3. The van der Waals surface area contributed by atoms with E-state index in [0.717, 1.165) is 54.5 Å². The summed E-state index contributed by atoms with van der Waals surface area (Å²) in [7, 11) is 0. The van der Waals surface area contributed by atoms with E-state index in [1.807, 2.05) is 24.3 Å². The van der Waals surface area contributed by atoms with Crippen molar-refractivity contribution >= 4 is 28.5 Å². The number of aryl methyl sites for hydroxylation is 1. The number of furan rings is 1. The number of hydrogen-bond acceptors (Lipinski definition) is 4. The van der Waals surface area contributed by atoms with Gasteiger partial charge in [0, 0.05) is 35.2 Å². The quantitative estimate of drug-likeness (QED) is 0.266. The molecule has 1 amide bonds. The normalized spacial score (nSPS) is 12.1. The van der Waals surface area contributed by atoms with Gasteiger partial charge in [-0.15, -0.1) is 0 Å². The van der Waals surface area contributed by atoms with Crippen LogP contribution in [0.3, 0.4) is 0 Å². The molecule has 0 aliphatic heterocycles. The number of fused-ring (bicyclic) bond motifs is 1. The molecule has 1 unspecified atom stereocenters. The summed E-state index contributed by atoms with van der Waals surface area (Å²) in [5.74, 6) is 0.261.